The molecule has 1 amide bonds. The van der Waals surface area contributed by atoms with Crippen LogP contribution in [0.15, 0.2) is 72.8 Å². The summed E-state index contributed by atoms with van der Waals surface area (Å²) in [5.41, 5.74) is 4.59. The van der Waals surface area contributed by atoms with Gasteiger partial charge in [0, 0.05) is 5.69 Å². The average molecular weight is 387 g/mol. The highest BCUT2D eigenvalue weighted by molar-refractivity contribution is 5.91. The predicted molar refractivity (Wildman–Crippen MR) is 114 cm³/mol. The van der Waals surface area contributed by atoms with Gasteiger partial charge in [-0.1, -0.05) is 36.4 Å². The van der Waals surface area contributed by atoms with E-state index in [4.69, 9.17) is 9.47 Å². The Bertz CT molecular complexity index is 952. The average Bonchev–Trinajstić information content (AvgIpc) is 2.78. The first kappa shape index (κ1) is 19.1. The van der Waals surface area contributed by atoms with Gasteiger partial charge in [0.2, 0.25) is 0 Å². The summed E-state index contributed by atoms with van der Waals surface area (Å²) in [5.74, 6) is 1.34. The van der Waals surface area contributed by atoms with Crippen molar-refractivity contribution in [3.8, 4) is 11.5 Å². The summed E-state index contributed by atoms with van der Waals surface area (Å²) < 4.78 is 11.4. The monoisotopic (exact) mass is 387 g/mol. The van der Waals surface area contributed by atoms with Crippen molar-refractivity contribution >= 4 is 11.6 Å². The maximum Gasteiger partial charge on any atom is 0.262 e. The number of hydrogen-bond donors (Lipinski definition) is 1. The van der Waals surface area contributed by atoms with Crippen molar-refractivity contribution in [1.82, 2.24) is 0 Å². The molecule has 0 saturated carbocycles. The van der Waals surface area contributed by atoms with Crippen molar-refractivity contribution in [2.75, 3.05) is 11.9 Å². The highest BCUT2D eigenvalue weighted by atomic mass is 16.5. The van der Waals surface area contributed by atoms with Crippen LogP contribution in [0.3, 0.4) is 0 Å². The maximum absolute atomic E-state index is 12.2. The van der Waals surface area contributed by atoms with Gasteiger partial charge in [-0.25, -0.2) is 0 Å². The molecule has 148 valence electrons. The van der Waals surface area contributed by atoms with Crippen LogP contribution >= 0.6 is 0 Å². The van der Waals surface area contributed by atoms with E-state index in [0.717, 1.165) is 35.6 Å². The van der Waals surface area contributed by atoms with Crippen LogP contribution in [-0.2, 0) is 24.2 Å². The summed E-state index contributed by atoms with van der Waals surface area (Å²) in [7, 11) is 0. The Kier molecular flexibility index (Phi) is 6.10. The molecule has 0 bridgehead atoms. The summed E-state index contributed by atoms with van der Waals surface area (Å²) in [6.45, 7) is 0.506. The highest BCUT2D eigenvalue weighted by Gasteiger charge is 2.11. The molecule has 4 nitrogen and oxygen atoms in total. The van der Waals surface area contributed by atoms with Crippen molar-refractivity contribution in [2.45, 2.75) is 32.3 Å². The van der Waals surface area contributed by atoms with E-state index in [9.17, 15) is 4.79 Å². The lowest BCUT2D eigenvalue weighted by Gasteiger charge is -2.16. The fourth-order valence-corrected chi connectivity index (χ4v) is 3.52. The highest BCUT2D eigenvalue weighted by Crippen LogP contribution is 2.25. The Morgan fingerprint density at radius 3 is 2.31 bits per heavy atom. The van der Waals surface area contributed by atoms with E-state index in [0.29, 0.717) is 6.61 Å². The molecule has 0 radical (unpaired) electrons. The normalized spacial score (nSPS) is 12.7. The van der Waals surface area contributed by atoms with Gasteiger partial charge >= 0.3 is 0 Å². The van der Waals surface area contributed by atoms with Crippen LogP contribution < -0.4 is 14.8 Å². The van der Waals surface area contributed by atoms with Gasteiger partial charge < -0.3 is 14.8 Å². The van der Waals surface area contributed by atoms with Gasteiger partial charge in [-0.3, -0.25) is 4.79 Å². The smallest absolute Gasteiger partial charge is 0.262 e. The molecule has 0 aliphatic heterocycles. The topological polar surface area (TPSA) is 47.6 Å². The third kappa shape index (κ3) is 5.38. The van der Waals surface area contributed by atoms with E-state index in [1.54, 1.807) is 0 Å². The first-order valence-electron chi connectivity index (χ1n) is 10.1. The first-order chi connectivity index (χ1) is 14.3. The van der Waals surface area contributed by atoms with E-state index >= 15 is 0 Å². The van der Waals surface area contributed by atoms with Crippen LogP contribution in [0.4, 0.5) is 5.69 Å². The minimum atomic E-state index is -0.180. The zero-order valence-electron chi connectivity index (χ0n) is 16.4. The second-order valence-corrected chi connectivity index (χ2v) is 7.27. The molecule has 1 aliphatic rings. The number of nitrogens with one attached hydrogen (secondary N) is 1. The molecule has 0 unspecified atom stereocenters. The second kappa shape index (κ2) is 9.28. The van der Waals surface area contributed by atoms with Crippen LogP contribution in [0.1, 0.15) is 29.5 Å². The van der Waals surface area contributed by atoms with Crippen LogP contribution in [0.5, 0.6) is 11.5 Å². The number of anilines is 1. The lowest BCUT2D eigenvalue weighted by atomic mass is 9.92. The number of rotatable bonds is 7. The summed E-state index contributed by atoms with van der Waals surface area (Å²) in [4.78, 5) is 12.2. The number of amides is 1. The van der Waals surface area contributed by atoms with Crippen molar-refractivity contribution in [1.29, 1.82) is 0 Å². The lowest BCUT2D eigenvalue weighted by molar-refractivity contribution is -0.118. The molecule has 29 heavy (non-hydrogen) atoms. The molecule has 0 fully saturated rings. The number of benzene rings is 3. The van der Waals surface area contributed by atoms with Crippen molar-refractivity contribution in [2.24, 2.45) is 0 Å². The van der Waals surface area contributed by atoms with Crippen LogP contribution in [-0.4, -0.2) is 12.5 Å². The number of fused-ring (bicyclic) bond motifs is 1. The quantitative estimate of drug-likeness (QED) is 0.609. The molecule has 4 heteroatoms. The molecule has 3 aromatic rings. The Morgan fingerprint density at radius 2 is 1.52 bits per heavy atom. The molecular formula is C25H25NO3. The summed E-state index contributed by atoms with van der Waals surface area (Å²) >= 11 is 0. The molecule has 3 aromatic carbocycles. The van der Waals surface area contributed by atoms with Gasteiger partial charge in [0.15, 0.2) is 6.61 Å². The fraction of sp³-hybridized carbons (Fsp3) is 0.240. The number of aryl methyl sites for hydroxylation is 2. The molecular weight excluding hydrogens is 362 g/mol. The zero-order chi connectivity index (χ0) is 19.9. The lowest BCUT2D eigenvalue weighted by Crippen LogP contribution is -2.20. The molecule has 0 spiro atoms. The van der Waals surface area contributed by atoms with Gasteiger partial charge in [-0.2, -0.15) is 0 Å². The van der Waals surface area contributed by atoms with E-state index in [1.807, 2.05) is 60.7 Å². The summed E-state index contributed by atoms with van der Waals surface area (Å²) in [6, 6.07) is 23.5. The van der Waals surface area contributed by atoms with E-state index < -0.39 is 0 Å². The molecule has 0 atom stereocenters. The Labute approximate surface area is 171 Å². The largest absolute Gasteiger partial charge is 0.489 e. The second-order valence-electron chi connectivity index (χ2n) is 7.27. The van der Waals surface area contributed by atoms with E-state index in [-0.39, 0.29) is 12.5 Å². The van der Waals surface area contributed by atoms with E-state index in [2.05, 4.69) is 17.4 Å². The van der Waals surface area contributed by atoms with Crippen molar-refractivity contribution in [3.05, 3.63) is 89.5 Å². The van der Waals surface area contributed by atoms with Gasteiger partial charge in [-0.15, -0.1) is 0 Å². The summed E-state index contributed by atoms with van der Waals surface area (Å²) in [5, 5.41) is 2.86. The van der Waals surface area contributed by atoms with Gasteiger partial charge in [0.25, 0.3) is 5.91 Å². The third-order valence-corrected chi connectivity index (χ3v) is 5.08. The zero-order valence-corrected chi connectivity index (χ0v) is 16.4. The standard InChI is InChI=1S/C25H25NO3/c27-25(18-29-24-13-10-20-8-4-5-9-21(20)16-24)26-22-11-14-23(15-12-22)28-17-19-6-2-1-3-7-19/h1-3,6-7,10-16H,4-5,8-9,17-18H2,(H,26,27). The minimum absolute atomic E-state index is 0.00888. The maximum atomic E-state index is 12.2. The van der Waals surface area contributed by atoms with Crippen LogP contribution in [0.25, 0.3) is 0 Å². The number of carbonyl (C=O) groups is 1. The molecule has 0 saturated heterocycles. The fourth-order valence-electron chi connectivity index (χ4n) is 3.52. The molecule has 0 aromatic heterocycles. The molecule has 4 rings (SSSR count). The minimum Gasteiger partial charge on any atom is -0.489 e. The number of hydrogen-bond acceptors (Lipinski definition) is 3. The molecule has 1 N–H and O–H groups in total. The van der Waals surface area contributed by atoms with Crippen molar-refractivity contribution in [3.63, 3.8) is 0 Å². The summed E-state index contributed by atoms with van der Waals surface area (Å²) in [6.07, 6.45) is 4.71. The number of carbonyl (C=O) groups excluding carboxylic acids is 1. The van der Waals surface area contributed by atoms with E-state index in [1.165, 1.54) is 24.0 Å². The van der Waals surface area contributed by atoms with Gasteiger partial charge in [0.05, 0.1) is 0 Å². The number of ether oxygens (including phenoxy) is 2. The molecule has 1 aliphatic carbocycles. The van der Waals surface area contributed by atoms with Crippen LogP contribution in [0, 0.1) is 0 Å². The Balaban J connectivity index is 1.25. The Morgan fingerprint density at radius 1 is 0.793 bits per heavy atom. The first-order valence-corrected chi connectivity index (χ1v) is 10.1. The molecule has 0 heterocycles. The van der Waals surface area contributed by atoms with Crippen molar-refractivity contribution < 1.29 is 14.3 Å². The SMILES string of the molecule is O=C(COc1ccc2c(c1)CCCC2)Nc1ccc(OCc2ccccc2)cc1. The van der Waals surface area contributed by atoms with Gasteiger partial charge in [0.1, 0.15) is 18.1 Å². The van der Waals surface area contributed by atoms with Crippen LogP contribution in [0.2, 0.25) is 0 Å². The van der Waals surface area contributed by atoms with Gasteiger partial charge in [-0.05, 0) is 78.8 Å². The third-order valence-electron chi connectivity index (χ3n) is 5.08. The predicted octanol–water partition coefficient (Wildman–Crippen LogP) is 5.16. The Hall–Kier alpha value is -3.27.